The quantitative estimate of drug-likeness (QED) is 0.457. The maximum Gasteiger partial charge on any atom is 0.325 e. The molecule has 2 aromatic rings. The van der Waals surface area contributed by atoms with Crippen LogP contribution >= 0.6 is 11.6 Å². The Balaban J connectivity index is 2.00. The van der Waals surface area contributed by atoms with Crippen LogP contribution in [0.2, 0.25) is 5.02 Å². The van der Waals surface area contributed by atoms with Crippen molar-refractivity contribution in [2.75, 3.05) is 26.9 Å². The Bertz CT molecular complexity index is 1030. The molecule has 0 fully saturated rings. The number of benzene rings is 2. The largest absolute Gasteiger partial charge is 0.490 e. The summed E-state index contributed by atoms with van der Waals surface area (Å²) in [7, 11) is 1.27. The molecular weight excluding hydrogens is 420 g/mol. The van der Waals surface area contributed by atoms with E-state index in [1.807, 2.05) is 19.9 Å². The van der Waals surface area contributed by atoms with Crippen LogP contribution in [0.5, 0.6) is 11.5 Å². The van der Waals surface area contributed by atoms with E-state index in [0.717, 1.165) is 5.56 Å². The number of amides is 1. The minimum absolute atomic E-state index is 0.195. The second-order valence-corrected chi connectivity index (χ2v) is 6.95. The first-order chi connectivity index (χ1) is 15.0. The van der Waals surface area contributed by atoms with Gasteiger partial charge in [-0.25, -0.2) is 4.99 Å². The van der Waals surface area contributed by atoms with Crippen LogP contribution in [-0.2, 0) is 14.3 Å². The Morgan fingerprint density at radius 2 is 1.74 bits per heavy atom. The monoisotopic (exact) mass is 442 g/mol. The zero-order valence-corrected chi connectivity index (χ0v) is 18.3. The minimum atomic E-state index is -0.545. The number of hydrogen-bond donors (Lipinski definition) is 0. The molecule has 0 aliphatic carbocycles. The number of methoxy groups -OCH3 is 1. The highest BCUT2D eigenvalue weighted by Crippen LogP contribution is 2.30. The van der Waals surface area contributed by atoms with Gasteiger partial charge in [-0.2, -0.15) is 0 Å². The SMILES string of the molecule is CCOc1ccc(/C=C2/N=C(c3ccc(Cl)cc3)N(CC(=O)OC)C2=O)cc1OCC. The van der Waals surface area contributed by atoms with Crippen molar-refractivity contribution in [3.05, 3.63) is 64.3 Å². The van der Waals surface area contributed by atoms with Crippen molar-refractivity contribution in [2.24, 2.45) is 4.99 Å². The van der Waals surface area contributed by atoms with E-state index in [2.05, 4.69) is 4.99 Å². The van der Waals surface area contributed by atoms with Gasteiger partial charge in [0.2, 0.25) is 0 Å². The Labute approximate surface area is 185 Å². The van der Waals surface area contributed by atoms with Gasteiger partial charge in [-0.3, -0.25) is 14.5 Å². The fourth-order valence-corrected chi connectivity index (χ4v) is 3.15. The first kappa shape index (κ1) is 22.4. The van der Waals surface area contributed by atoms with Crippen LogP contribution in [0.1, 0.15) is 25.0 Å². The molecule has 1 heterocycles. The van der Waals surface area contributed by atoms with Crippen molar-refractivity contribution in [3.8, 4) is 11.5 Å². The smallest absolute Gasteiger partial charge is 0.325 e. The van der Waals surface area contributed by atoms with E-state index in [-0.39, 0.29) is 12.2 Å². The van der Waals surface area contributed by atoms with E-state index < -0.39 is 11.9 Å². The van der Waals surface area contributed by atoms with Crippen LogP contribution in [0.4, 0.5) is 0 Å². The van der Waals surface area contributed by atoms with Gasteiger partial charge in [0.15, 0.2) is 11.5 Å². The fraction of sp³-hybridized carbons (Fsp3) is 0.261. The lowest BCUT2D eigenvalue weighted by Crippen LogP contribution is -2.37. The van der Waals surface area contributed by atoms with Gasteiger partial charge in [0.25, 0.3) is 5.91 Å². The summed E-state index contributed by atoms with van der Waals surface area (Å²) in [5, 5.41) is 0.557. The number of rotatable bonds is 8. The van der Waals surface area contributed by atoms with Crippen molar-refractivity contribution in [1.29, 1.82) is 0 Å². The molecule has 0 N–H and O–H groups in total. The van der Waals surface area contributed by atoms with Gasteiger partial charge < -0.3 is 14.2 Å². The second kappa shape index (κ2) is 10.1. The molecule has 2 aromatic carbocycles. The molecule has 1 aliphatic heterocycles. The minimum Gasteiger partial charge on any atom is -0.490 e. The number of esters is 1. The third kappa shape index (κ3) is 5.24. The maximum atomic E-state index is 13.0. The third-order valence-corrected chi connectivity index (χ3v) is 4.69. The van der Waals surface area contributed by atoms with Gasteiger partial charge in [0, 0.05) is 10.6 Å². The zero-order valence-electron chi connectivity index (χ0n) is 17.6. The highest BCUT2D eigenvalue weighted by Gasteiger charge is 2.33. The van der Waals surface area contributed by atoms with E-state index in [4.69, 9.17) is 25.8 Å². The highest BCUT2D eigenvalue weighted by atomic mass is 35.5. The molecule has 0 saturated heterocycles. The molecule has 31 heavy (non-hydrogen) atoms. The number of nitrogens with zero attached hydrogens (tertiary/aromatic N) is 2. The molecule has 0 radical (unpaired) electrons. The van der Waals surface area contributed by atoms with Crippen molar-refractivity contribution in [1.82, 2.24) is 4.90 Å². The molecule has 0 aromatic heterocycles. The number of aliphatic imine (C=N–C) groups is 1. The lowest BCUT2D eigenvalue weighted by molar-refractivity contribution is -0.143. The standard InChI is InChI=1S/C23H23ClN2O5/c1-4-30-19-11-6-15(13-20(19)31-5-2)12-18-23(28)26(14-21(27)29-3)22(25-18)16-7-9-17(24)10-8-16/h6-13H,4-5,14H2,1-3H3/b18-12+. The number of carbonyl (C=O) groups is 2. The molecule has 162 valence electrons. The lowest BCUT2D eigenvalue weighted by Gasteiger charge is -2.16. The Morgan fingerprint density at radius 3 is 2.39 bits per heavy atom. The van der Waals surface area contributed by atoms with E-state index in [9.17, 15) is 9.59 Å². The Morgan fingerprint density at radius 1 is 1.06 bits per heavy atom. The van der Waals surface area contributed by atoms with Crippen LogP contribution in [0.3, 0.4) is 0 Å². The highest BCUT2D eigenvalue weighted by molar-refractivity contribution is 6.30. The summed E-state index contributed by atoms with van der Waals surface area (Å²) < 4.78 is 16.0. The predicted octanol–water partition coefficient (Wildman–Crippen LogP) is 3.94. The summed E-state index contributed by atoms with van der Waals surface area (Å²) in [5.74, 6) is 0.617. The number of ether oxygens (including phenoxy) is 3. The van der Waals surface area contributed by atoms with Gasteiger partial charge in [-0.1, -0.05) is 17.7 Å². The molecule has 0 unspecified atom stereocenters. The first-order valence-corrected chi connectivity index (χ1v) is 10.2. The van der Waals surface area contributed by atoms with Gasteiger partial charge >= 0.3 is 5.97 Å². The van der Waals surface area contributed by atoms with Crippen LogP contribution < -0.4 is 9.47 Å². The summed E-state index contributed by atoms with van der Waals surface area (Å²) in [5.41, 5.74) is 1.57. The van der Waals surface area contributed by atoms with Gasteiger partial charge in [-0.05, 0) is 61.9 Å². The molecule has 0 spiro atoms. The van der Waals surface area contributed by atoms with E-state index in [0.29, 0.717) is 41.1 Å². The van der Waals surface area contributed by atoms with Crippen molar-refractivity contribution in [2.45, 2.75) is 13.8 Å². The molecule has 0 atom stereocenters. The molecule has 0 saturated carbocycles. The molecule has 3 rings (SSSR count). The maximum absolute atomic E-state index is 13.0. The van der Waals surface area contributed by atoms with Gasteiger partial charge in [0.1, 0.15) is 18.1 Å². The molecule has 0 bridgehead atoms. The summed E-state index contributed by atoms with van der Waals surface area (Å²) >= 11 is 5.97. The number of amidine groups is 1. The average Bonchev–Trinajstić information content (AvgIpc) is 3.06. The molecule has 1 amide bonds. The van der Waals surface area contributed by atoms with Gasteiger partial charge in [0.05, 0.1) is 20.3 Å². The van der Waals surface area contributed by atoms with Crippen LogP contribution in [-0.4, -0.2) is 49.5 Å². The third-order valence-electron chi connectivity index (χ3n) is 4.43. The molecule has 1 aliphatic rings. The average molecular weight is 443 g/mol. The topological polar surface area (TPSA) is 77.4 Å². The zero-order chi connectivity index (χ0) is 22.4. The Hall–Kier alpha value is -3.32. The molecule has 7 nitrogen and oxygen atoms in total. The second-order valence-electron chi connectivity index (χ2n) is 6.51. The Kier molecular flexibility index (Phi) is 7.31. The van der Waals surface area contributed by atoms with Crippen molar-refractivity contribution >= 4 is 35.4 Å². The molecule has 8 heteroatoms. The van der Waals surface area contributed by atoms with Crippen molar-refractivity contribution < 1.29 is 23.8 Å². The van der Waals surface area contributed by atoms with E-state index in [1.54, 1.807) is 42.5 Å². The molecular formula is C23H23ClN2O5. The number of hydrogen-bond acceptors (Lipinski definition) is 6. The normalized spacial score (nSPS) is 14.6. The number of carbonyl (C=O) groups excluding carboxylic acids is 2. The fourth-order valence-electron chi connectivity index (χ4n) is 3.03. The summed E-state index contributed by atoms with van der Waals surface area (Å²) in [6.45, 7) is 4.52. The van der Waals surface area contributed by atoms with Gasteiger partial charge in [-0.15, -0.1) is 0 Å². The predicted molar refractivity (Wildman–Crippen MR) is 118 cm³/mol. The lowest BCUT2D eigenvalue weighted by atomic mass is 10.1. The summed E-state index contributed by atoms with van der Waals surface area (Å²) in [6, 6.07) is 12.3. The number of halogens is 1. The van der Waals surface area contributed by atoms with Crippen LogP contribution in [0.25, 0.3) is 6.08 Å². The van der Waals surface area contributed by atoms with Crippen molar-refractivity contribution in [3.63, 3.8) is 0 Å². The van der Waals surface area contributed by atoms with E-state index in [1.165, 1.54) is 12.0 Å². The van der Waals surface area contributed by atoms with Crippen LogP contribution in [0, 0.1) is 0 Å². The first-order valence-electron chi connectivity index (χ1n) is 9.81. The van der Waals surface area contributed by atoms with E-state index >= 15 is 0 Å². The summed E-state index contributed by atoms with van der Waals surface area (Å²) in [4.78, 5) is 30.7. The summed E-state index contributed by atoms with van der Waals surface area (Å²) in [6.07, 6.45) is 1.65. The van der Waals surface area contributed by atoms with Crippen LogP contribution in [0.15, 0.2) is 53.2 Å².